The molecule has 0 aromatic heterocycles. The zero-order valence-corrected chi connectivity index (χ0v) is 10.1. The van der Waals surface area contributed by atoms with Gasteiger partial charge in [0.25, 0.3) is 0 Å². The van der Waals surface area contributed by atoms with Gasteiger partial charge < -0.3 is 0 Å². The Hall–Kier alpha value is -1.47. The first-order valence-corrected chi connectivity index (χ1v) is 5.77. The van der Waals surface area contributed by atoms with E-state index >= 15 is 0 Å². The summed E-state index contributed by atoms with van der Waals surface area (Å²) in [6, 6.07) is 14.7. The number of hydrogen-bond donors (Lipinski definition) is 1. The van der Waals surface area contributed by atoms with Crippen LogP contribution in [0.2, 0.25) is 0 Å². The van der Waals surface area contributed by atoms with Crippen LogP contribution in [0.25, 0.3) is 15.7 Å². The van der Waals surface area contributed by atoms with Crippen LogP contribution in [0.4, 0.5) is 0 Å². The van der Waals surface area contributed by atoms with E-state index < -0.39 is 0 Å². The summed E-state index contributed by atoms with van der Waals surface area (Å²) in [6.07, 6.45) is 6.00. The summed E-state index contributed by atoms with van der Waals surface area (Å²) in [7, 11) is 0. The van der Waals surface area contributed by atoms with Crippen molar-refractivity contribution in [3.63, 3.8) is 0 Å². The van der Waals surface area contributed by atoms with Crippen LogP contribution in [0.5, 0.6) is 0 Å². The first-order chi connectivity index (χ1) is 7.81. The van der Waals surface area contributed by atoms with Crippen molar-refractivity contribution in [1.29, 1.82) is 0 Å². The molecule has 0 bridgehead atoms. The quantitative estimate of drug-likeness (QED) is 0.557. The van der Waals surface area contributed by atoms with Crippen molar-refractivity contribution in [3.8, 4) is 0 Å². The van der Waals surface area contributed by atoms with Crippen LogP contribution in [0.15, 0.2) is 60.7 Å². The Morgan fingerprint density at radius 2 is 1.81 bits per heavy atom. The van der Waals surface area contributed by atoms with Crippen LogP contribution >= 0.6 is 12.6 Å². The third-order valence-corrected chi connectivity index (χ3v) is 2.90. The molecule has 2 aromatic carbocycles. The molecular formula is C15H14S. The lowest BCUT2D eigenvalue weighted by Crippen LogP contribution is -1.78. The molecule has 0 saturated heterocycles. The van der Waals surface area contributed by atoms with E-state index in [9.17, 15) is 0 Å². The molecule has 0 nitrogen and oxygen atoms in total. The Kier molecular flexibility index (Phi) is 3.47. The normalized spacial score (nSPS) is 12.5. The fourth-order valence-corrected chi connectivity index (χ4v) is 1.86. The molecule has 0 saturated carbocycles. The highest BCUT2D eigenvalue weighted by Gasteiger charge is 1.97. The van der Waals surface area contributed by atoms with Crippen molar-refractivity contribution < 1.29 is 0 Å². The van der Waals surface area contributed by atoms with E-state index in [1.165, 1.54) is 10.8 Å². The second-order valence-electron chi connectivity index (χ2n) is 3.64. The second kappa shape index (κ2) is 5.04. The van der Waals surface area contributed by atoms with Gasteiger partial charge in [-0.1, -0.05) is 48.6 Å². The summed E-state index contributed by atoms with van der Waals surface area (Å²) >= 11 is 4.49. The van der Waals surface area contributed by atoms with E-state index in [0.717, 1.165) is 10.5 Å². The molecule has 1 heteroatoms. The first-order valence-electron chi connectivity index (χ1n) is 5.32. The molecule has 2 aromatic rings. The van der Waals surface area contributed by atoms with Crippen LogP contribution in [0.1, 0.15) is 12.5 Å². The van der Waals surface area contributed by atoms with Gasteiger partial charge in [-0.25, -0.2) is 0 Å². The van der Waals surface area contributed by atoms with Crippen molar-refractivity contribution in [3.05, 3.63) is 66.3 Å². The smallest absolute Gasteiger partial charge is 0.0113 e. The lowest BCUT2D eigenvalue weighted by Gasteiger charge is -2.02. The summed E-state index contributed by atoms with van der Waals surface area (Å²) in [6.45, 7) is 2.00. The Bertz CT molecular complexity index is 550. The molecule has 0 heterocycles. The van der Waals surface area contributed by atoms with E-state index in [4.69, 9.17) is 0 Å². The molecule has 80 valence electrons. The van der Waals surface area contributed by atoms with Gasteiger partial charge in [-0.3, -0.25) is 0 Å². The van der Waals surface area contributed by atoms with Gasteiger partial charge in [0.2, 0.25) is 0 Å². The molecule has 2 rings (SSSR count). The Balaban J connectivity index is 2.47. The maximum atomic E-state index is 4.49. The molecule has 0 aliphatic carbocycles. The zero-order valence-electron chi connectivity index (χ0n) is 9.22. The Morgan fingerprint density at radius 1 is 1.06 bits per heavy atom. The van der Waals surface area contributed by atoms with E-state index in [2.05, 4.69) is 55.1 Å². The molecule has 0 amide bonds. The molecule has 0 N–H and O–H groups in total. The summed E-state index contributed by atoms with van der Waals surface area (Å²) in [4.78, 5) is 0.990. The topological polar surface area (TPSA) is 0 Å². The van der Waals surface area contributed by atoms with Crippen molar-refractivity contribution in [2.75, 3.05) is 0 Å². The highest BCUT2D eigenvalue weighted by Crippen LogP contribution is 2.23. The van der Waals surface area contributed by atoms with Crippen LogP contribution in [0.3, 0.4) is 0 Å². The second-order valence-corrected chi connectivity index (χ2v) is 4.12. The van der Waals surface area contributed by atoms with Crippen LogP contribution < -0.4 is 0 Å². The Labute approximate surface area is 102 Å². The van der Waals surface area contributed by atoms with Crippen LogP contribution in [-0.2, 0) is 0 Å². The number of allylic oxidation sites excluding steroid dienone is 3. The molecule has 16 heavy (non-hydrogen) atoms. The van der Waals surface area contributed by atoms with Gasteiger partial charge in [0.05, 0.1) is 0 Å². The average molecular weight is 226 g/mol. The summed E-state index contributed by atoms with van der Waals surface area (Å²) in [5.74, 6) is 0. The van der Waals surface area contributed by atoms with E-state index in [1.807, 2.05) is 25.2 Å². The minimum Gasteiger partial charge on any atom is -0.143 e. The van der Waals surface area contributed by atoms with Crippen molar-refractivity contribution in [2.45, 2.75) is 6.92 Å². The van der Waals surface area contributed by atoms with Gasteiger partial charge in [0.15, 0.2) is 0 Å². The monoisotopic (exact) mass is 226 g/mol. The van der Waals surface area contributed by atoms with Crippen molar-refractivity contribution in [1.82, 2.24) is 0 Å². The van der Waals surface area contributed by atoms with E-state index in [0.29, 0.717) is 0 Å². The predicted molar refractivity (Wildman–Crippen MR) is 75.7 cm³/mol. The molecule has 0 spiro atoms. The lowest BCUT2D eigenvalue weighted by molar-refractivity contribution is 1.69. The van der Waals surface area contributed by atoms with Gasteiger partial charge in [-0.2, -0.15) is 0 Å². The van der Waals surface area contributed by atoms with Crippen molar-refractivity contribution in [2.24, 2.45) is 0 Å². The number of thiol groups is 1. The molecule has 0 aliphatic heterocycles. The third kappa shape index (κ3) is 2.37. The maximum Gasteiger partial charge on any atom is 0.0113 e. The van der Waals surface area contributed by atoms with Gasteiger partial charge in [-0.05, 0) is 35.4 Å². The summed E-state index contributed by atoms with van der Waals surface area (Å²) in [5, 5.41) is 2.51. The van der Waals surface area contributed by atoms with Gasteiger partial charge in [0.1, 0.15) is 0 Å². The number of rotatable bonds is 2. The SMILES string of the molecule is C/C=C/C=C(\S)c1ccc2ccccc2c1. The highest BCUT2D eigenvalue weighted by molar-refractivity contribution is 7.90. The maximum absolute atomic E-state index is 4.49. The average Bonchev–Trinajstić information content (AvgIpc) is 2.35. The third-order valence-electron chi connectivity index (χ3n) is 2.49. The van der Waals surface area contributed by atoms with E-state index in [1.54, 1.807) is 0 Å². The molecular weight excluding hydrogens is 212 g/mol. The summed E-state index contributed by atoms with van der Waals surface area (Å²) < 4.78 is 0. The summed E-state index contributed by atoms with van der Waals surface area (Å²) in [5.41, 5.74) is 1.15. The molecule has 0 aliphatic rings. The number of benzene rings is 2. The molecule has 0 radical (unpaired) electrons. The molecule has 0 atom stereocenters. The van der Waals surface area contributed by atoms with Crippen LogP contribution in [0, 0.1) is 0 Å². The zero-order chi connectivity index (χ0) is 11.4. The standard InChI is InChI=1S/C15H14S/c1-2-3-8-15(16)14-10-9-12-6-4-5-7-13(12)11-14/h2-11,16H,1H3/b3-2+,15-8-. The fourth-order valence-electron chi connectivity index (χ4n) is 1.63. The largest absolute Gasteiger partial charge is 0.143 e. The highest BCUT2D eigenvalue weighted by atomic mass is 32.1. The minimum atomic E-state index is 0.990. The lowest BCUT2D eigenvalue weighted by atomic mass is 10.1. The first kappa shape index (κ1) is 11.0. The van der Waals surface area contributed by atoms with Gasteiger partial charge in [0, 0.05) is 4.91 Å². The van der Waals surface area contributed by atoms with E-state index in [-0.39, 0.29) is 0 Å². The predicted octanol–water partition coefficient (Wildman–Crippen LogP) is 4.69. The minimum absolute atomic E-state index is 0.990. The van der Waals surface area contributed by atoms with Crippen molar-refractivity contribution >= 4 is 28.3 Å². The number of hydrogen-bond acceptors (Lipinski definition) is 1. The fraction of sp³-hybridized carbons (Fsp3) is 0.0667. The van der Waals surface area contributed by atoms with Crippen LogP contribution in [-0.4, -0.2) is 0 Å². The Morgan fingerprint density at radius 3 is 2.56 bits per heavy atom. The van der Waals surface area contributed by atoms with Gasteiger partial charge in [-0.15, -0.1) is 12.6 Å². The number of fused-ring (bicyclic) bond motifs is 1. The molecule has 0 unspecified atom stereocenters. The van der Waals surface area contributed by atoms with Gasteiger partial charge >= 0.3 is 0 Å². The molecule has 0 fully saturated rings.